The smallest absolute Gasteiger partial charge is 0.263 e. The molecule has 0 fully saturated rings. The van der Waals surface area contributed by atoms with E-state index in [4.69, 9.17) is 0 Å². The topological polar surface area (TPSA) is 64.3 Å². The maximum atomic E-state index is 14.1. The second-order valence-electron chi connectivity index (χ2n) is 11.2. The highest BCUT2D eigenvalue weighted by molar-refractivity contribution is 8.03. The van der Waals surface area contributed by atoms with Crippen molar-refractivity contribution in [1.29, 1.82) is 0 Å². The van der Waals surface area contributed by atoms with Gasteiger partial charge in [0.25, 0.3) is 5.01 Å². The Morgan fingerprint density at radius 3 is 2.34 bits per heavy atom. The van der Waals surface area contributed by atoms with Gasteiger partial charge in [-0.3, -0.25) is 9.59 Å². The van der Waals surface area contributed by atoms with Gasteiger partial charge in [0.1, 0.15) is 4.70 Å². The lowest BCUT2D eigenvalue weighted by molar-refractivity contribution is -0.669. The Bertz CT molecular complexity index is 1980. The number of anilines is 1. The zero-order chi connectivity index (χ0) is 30.4. The molecule has 2 aliphatic carbocycles. The molecular formula is C37H32N2O3S2. The fourth-order valence-electron chi connectivity index (χ4n) is 6.14. The maximum Gasteiger partial charge on any atom is 0.263 e. The van der Waals surface area contributed by atoms with E-state index in [2.05, 4.69) is 47.6 Å². The number of allylic oxidation sites excluding steroid dienone is 5. The van der Waals surface area contributed by atoms with Crippen LogP contribution >= 0.6 is 23.1 Å². The molecule has 0 spiro atoms. The molecule has 1 aromatic heterocycles. The predicted octanol–water partition coefficient (Wildman–Crippen LogP) is 7.47. The van der Waals surface area contributed by atoms with Crippen molar-refractivity contribution < 1.29 is 19.3 Å². The number of carbonyl (C=O) groups is 2. The van der Waals surface area contributed by atoms with Crippen LogP contribution in [0, 0.1) is 0 Å². The van der Waals surface area contributed by atoms with E-state index in [1.54, 1.807) is 47.4 Å². The average Bonchev–Trinajstić information content (AvgIpc) is 3.67. The summed E-state index contributed by atoms with van der Waals surface area (Å²) in [5.74, 6) is -0.756. The fraction of sp³-hybridized carbons (Fsp3) is 0.216. The Labute approximate surface area is 265 Å². The minimum atomic E-state index is -0.310. The standard InChI is InChI=1S/C37H32N2O3S2/c1-3-5-19-38-27-15-9-11-17-29(27)43-31(38)21-25-33(34-36(41)23-13-7-8-14-24(23)37(34)42)26(35(25)40)22-32-39(20-6-4-2)28-16-10-12-18-30(28)44-32/h7-18,21-22H,3-6,19-20H2,1-2H3. The van der Waals surface area contributed by atoms with Gasteiger partial charge >= 0.3 is 0 Å². The predicted molar refractivity (Wildman–Crippen MR) is 177 cm³/mol. The van der Waals surface area contributed by atoms with Crippen molar-refractivity contribution in [3.05, 3.63) is 122 Å². The number of unbranched alkanes of at least 4 members (excludes halogenated alkanes) is 2. The van der Waals surface area contributed by atoms with Gasteiger partial charge in [-0.05, 0) is 36.3 Å². The third-order valence-electron chi connectivity index (χ3n) is 8.43. The lowest BCUT2D eigenvalue weighted by Crippen LogP contribution is -2.35. The van der Waals surface area contributed by atoms with Gasteiger partial charge in [0, 0.05) is 57.9 Å². The molecule has 7 rings (SSSR count). The molecule has 0 saturated heterocycles. The van der Waals surface area contributed by atoms with Gasteiger partial charge in [-0.15, -0.1) is 0 Å². The first-order chi connectivity index (χ1) is 21.5. The summed E-state index contributed by atoms with van der Waals surface area (Å²) in [7, 11) is 0. The molecule has 0 bridgehead atoms. The molecule has 5 nitrogen and oxygen atoms in total. The molecule has 0 amide bonds. The normalized spacial score (nSPS) is 17.8. The van der Waals surface area contributed by atoms with Crippen molar-refractivity contribution in [1.82, 2.24) is 0 Å². The highest BCUT2D eigenvalue weighted by Gasteiger charge is 2.41. The van der Waals surface area contributed by atoms with Crippen molar-refractivity contribution >= 4 is 62.4 Å². The van der Waals surface area contributed by atoms with E-state index in [1.807, 2.05) is 36.4 Å². The second-order valence-corrected chi connectivity index (χ2v) is 13.3. The van der Waals surface area contributed by atoms with Crippen LogP contribution in [-0.2, 0) is 11.3 Å². The third-order valence-corrected chi connectivity index (χ3v) is 10.7. The summed E-state index contributed by atoms with van der Waals surface area (Å²) in [4.78, 5) is 31.3. The number of para-hydroxylation sites is 2. The Hall–Kier alpha value is -4.20. The van der Waals surface area contributed by atoms with Crippen molar-refractivity contribution in [3.8, 4) is 0 Å². The highest BCUT2D eigenvalue weighted by Crippen LogP contribution is 2.49. The van der Waals surface area contributed by atoms with Crippen molar-refractivity contribution in [3.63, 3.8) is 0 Å². The van der Waals surface area contributed by atoms with E-state index < -0.39 is 0 Å². The molecule has 1 aliphatic heterocycles. The first-order valence-electron chi connectivity index (χ1n) is 15.3. The zero-order valence-electron chi connectivity index (χ0n) is 24.8. The van der Waals surface area contributed by atoms with Crippen LogP contribution in [-0.4, -0.2) is 18.1 Å². The van der Waals surface area contributed by atoms with Crippen LogP contribution in [0.2, 0.25) is 0 Å². The molecule has 220 valence electrons. The summed E-state index contributed by atoms with van der Waals surface area (Å²) in [6, 6.07) is 23.5. The number of thioether (sulfide) groups is 1. The molecule has 3 aliphatic rings. The van der Waals surface area contributed by atoms with Gasteiger partial charge in [0.2, 0.25) is 5.52 Å². The summed E-state index contributed by atoms with van der Waals surface area (Å²) in [6.07, 6.45) is 7.91. The van der Waals surface area contributed by atoms with Gasteiger partial charge in [-0.25, -0.2) is 0 Å². The van der Waals surface area contributed by atoms with Gasteiger partial charge in [0.15, 0.2) is 18.1 Å². The Morgan fingerprint density at radius 1 is 0.818 bits per heavy atom. The van der Waals surface area contributed by atoms with Gasteiger partial charge in [-0.2, -0.15) is 4.57 Å². The molecule has 7 heteroatoms. The number of rotatable bonds is 9. The van der Waals surface area contributed by atoms with Crippen LogP contribution in [0.1, 0.15) is 60.5 Å². The minimum absolute atomic E-state index is 0.103. The molecule has 0 atom stereocenters. The maximum absolute atomic E-state index is 14.1. The first kappa shape index (κ1) is 28.6. The van der Waals surface area contributed by atoms with E-state index in [-0.39, 0.29) is 22.9 Å². The Morgan fingerprint density at radius 2 is 1.55 bits per heavy atom. The summed E-state index contributed by atoms with van der Waals surface area (Å²) >= 11 is 3.26. The van der Waals surface area contributed by atoms with Gasteiger partial charge in [-0.1, -0.05) is 104 Å². The largest absolute Gasteiger partial charge is 0.872 e. The van der Waals surface area contributed by atoms with Crippen LogP contribution < -0.4 is 14.6 Å². The number of hydrogen-bond donors (Lipinski definition) is 0. The number of ketones is 2. The molecular weight excluding hydrogens is 585 g/mol. The lowest BCUT2D eigenvalue weighted by atomic mass is 9.76. The van der Waals surface area contributed by atoms with Crippen LogP contribution in [0.4, 0.5) is 5.69 Å². The van der Waals surface area contributed by atoms with Gasteiger partial charge in [0.05, 0.1) is 10.7 Å². The van der Waals surface area contributed by atoms with E-state index in [9.17, 15) is 14.7 Å². The van der Waals surface area contributed by atoms with Crippen LogP contribution in [0.5, 0.6) is 0 Å². The second kappa shape index (κ2) is 11.7. The van der Waals surface area contributed by atoms with Crippen LogP contribution in [0.15, 0.2) is 111 Å². The van der Waals surface area contributed by atoms with Crippen molar-refractivity contribution in [2.24, 2.45) is 0 Å². The van der Waals surface area contributed by atoms with Crippen molar-refractivity contribution in [2.75, 3.05) is 11.4 Å². The minimum Gasteiger partial charge on any atom is -0.872 e. The average molecular weight is 617 g/mol. The number of nitrogens with zero attached hydrogens (tertiary/aromatic N) is 2. The fourth-order valence-corrected chi connectivity index (χ4v) is 8.40. The number of fused-ring (bicyclic) bond motifs is 3. The number of aromatic nitrogens is 1. The molecule has 0 unspecified atom stereocenters. The Balaban J connectivity index is 1.41. The van der Waals surface area contributed by atoms with Crippen LogP contribution in [0.3, 0.4) is 0 Å². The summed E-state index contributed by atoms with van der Waals surface area (Å²) in [5, 5.41) is 15.7. The van der Waals surface area contributed by atoms with E-state index in [0.717, 1.165) is 69.6 Å². The monoisotopic (exact) mass is 616 g/mol. The number of benzene rings is 3. The Kier molecular flexibility index (Phi) is 7.60. The number of hydrogen-bond acceptors (Lipinski definition) is 6. The number of aryl methyl sites for hydroxylation is 1. The first-order valence-corrected chi connectivity index (χ1v) is 16.9. The quantitative estimate of drug-likeness (QED) is 0.144. The third kappa shape index (κ3) is 4.66. The zero-order valence-corrected chi connectivity index (χ0v) is 26.4. The highest BCUT2D eigenvalue weighted by atomic mass is 32.2. The molecule has 0 N–H and O–H groups in total. The van der Waals surface area contributed by atoms with E-state index in [1.165, 1.54) is 0 Å². The number of Topliss-reactive ketones (excluding diaryl/α,β-unsaturated/α-hetero) is 2. The van der Waals surface area contributed by atoms with Crippen molar-refractivity contribution in [2.45, 2.75) is 51.0 Å². The van der Waals surface area contributed by atoms with E-state index >= 15 is 0 Å². The number of thiazole rings is 1. The van der Waals surface area contributed by atoms with E-state index in [0.29, 0.717) is 27.8 Å². The molecule has 2 heterocycles. The van der Waals surface area contributed by atoms with Crippen LogP contribution in [0.25, 0.3) is 22.1 Å². The summed E-state index contributed by atoms with van der Waals surface area (Å²) in [5.41, 5.74) is 4.48. The molecule has 3 aromatic carbocycles. The van der Waals surface area contributed by atoms with Gasteiger partial charge < -0.3 is 10.0 Å². The number of carbonyl (C=O) groups excluding carboxylic acids is 2. The SMILES string of the molecule is CCCCN1/C(=C/C2=C(C3=C([O-])c4ccccc4C3=O)C(=C/c3sc4ccccc4[n+]3CCCC)/C2=O)Sc2ccccc21. The molecule has 4 aromatic rings. The lowest BCUT2D eigenvalue weighted by Gasteiger charge is -2.28. The molecule has 44 heavy (non-hydrogen) atoms. The molecule has 0 radical (unpaired) electrons. The summed E-state index contributed by atoms with van der Waals surface area (Å²) < 4.78 is 3.39. The molecule has 0 saturated carbocycles. The summed E-state index contributed by atoms with van der Waals surface area (Å²) in [6.45, 7) is 5.98.